The van der Waals surface area contributed by atoms with Gasteiger partial charge in [0.05, 0.1) is 0 Å². The van der Waals surface area contributed by atoms with Crippen LogP contribution in [0.5, 0.6) is 0 Å². The van der Waals surface area contributed by atoms with E-state index in [1.165, 1.54) is 18.2 Å². The van der Waals surface area contributed by atoms with E-state index in [4.69, 9.17) is 0 Å². The molecule has 0 aromatic heterocycles. The number of alkyl halides is 5. The predicted octanol–water partition coefficient (Wildman–Crippen LogP) is 6.32. The molecule has 1 aliphatic heterocycles. The number of halogens is 5. The fraction of sp³-hybridized carbons (Fsp3) is 0.333. The molecule has 0 aliphatic carbocycles. The Balaban J connectivity index is 2.11. The second kappa shape index (κ2) is 5.26. The minimum atomic E-state index is -4.96. The first kappa shape index (κ1) is 17.3. The van der Waals surface area contributed by atoms with Gasteiger partial charge < -0.3 is 0 Å². The molecule has 6 heteroatoms. The van der Waals surface area contributed by atoms with Crippen LogP contribution in [-0.2, 0) is 5.16 Å². The normalized spacial score (nSPS) is 23.5. The second-order valence-electron chi connectivity index (χ2n) is 6.22. The maximum absolute atomic E-state index is 13.6. The van der Waals surface area contributed by atoms with Crippen molar-refractivity contribution in [3.63, 3.8) is 0 Å². The lowest BCUT2D eigenvalue weighted by molar-refractivity contribution is -0.179. The molecule has 128 valence electrons. The molecule has 1 saturated heterocycles. The molecule has 2 unspecified atom stereocenters. The lowest BCUT2D eigenvalue weighted by Gasteiger charge is -2.21. The fourth-order valence-corrected chi connectivity index (χ4v) is 4.25. The topological polar surface area (TPSA) is 0 Å². The largest absolute Gasteiger partial charge is 0.408 e. The summed E-state index contributed by atoms with van der Waals surface area (Å²) < 4.78 is 67.0. The van der Waals surface area contributed by atoms with Gasteiger partial charge in [-0.25, -0.2) is 8.78 Å². The van der Waals surface area contributed by atoms with Crippen LogP contribution in [-0.4, -0.2) is 11.8 Å². The van der Waals surface area contributed by atoms with Crippen molar-refractivity contribution in [2.24, 2.45) is 0 Å². The average Bonchev–Trinajstić information content (AvgIpc) is 3.07. The molecule has 24 heavy (non-hydrogen) atoms. The van der Waals surface area contributed by atoms with Gasteiger partial charge in [0, 0.05) is 0 Å². The summed E-state index contributed by atoms with van der Waals surface area (Å²) >= 11 is 0. The van der Waals surface area contributed by atoms with Crippen LogP contribution < -0.4 is 0 Å². The zero-order valence-electron chi connectivity index (χ0n) is 13.4. The Bertz CT molecular complexity index is 810. The van der Waals surface area contributed by atoms with E-state index in [2.05, 4.69) is 0 Å². The molecule has 2 atom stereocenters. The van der Waals surface area contributed by atoms with Gasteiger partial charge in [-0.3, -0.25) is 0 Å². The Hall–Kier alpha value is -1.48. The molecular formula is C18H16F5P. The number of hydrogen-bond donors (Lipinski definition) is 0. The molecule has 0 amide bonds. The molecule has 2 aromatic rings. The van der Waals surface area contributed by atoms with E-state index in [9.17, 15) is 22.0 Å². The van der Waals surface area contributed by atoms with Crippen LogP contribution in [0.2, 0.25) is 0 Å². The molecule has 3 rings (SSSR count). The van der Waals surface area contributed by atoms with Gasteiger partial charge in [-0.05, 0) is 62.7 Å². The Morgan fingerprint density at radius 3 is 2.00 bits per heavy atom. The maximum atomic E-state index is 13.6. The van der Waals surface area contributed by atoms with Gasteiger partial charge in [0.25, 0.3) is 5.66 Å². The molecular weight excluding hydrogens is 342 g/mol. The molecule has 1 heterocycles. The Kier molecular flexibility index (Phi) is 3.80. The first-order valence-corrected chi connectivity index (χ1v) is 8.43. The number of hydrogen-bond acceptors (Lipinski definition) is 0. The minimum Gasteiger partial charge on any atom is -0.200 e. The van der Waals surface area contributed by atoms with E-state index in [1.54, 1.807) is 6.92 Å². The minimum absolute atomic E-state index is 0.343. The summed E-state index contributed by atoms with van der Waals surface area (Å²) in [7, 11) is -1.45. The van der Waals surface area contributed by atoms with Crippen LogP contribution in [0.15, 0.2) is 36.4 Å². The summed E-state index contributed by atoms with van der Waals surface area (Å²) in [6.45, 7) is 5.55. The Labute approximate surface area is 138 Å². The zero-order valence-corrected chi connectivity index (χ0v) is 14.4. The third-order valence-electron chi connectivity index (χ3n) is 4.73. The predicted molar refractivity (Wildman–Crippen MR) is 87.1 cm³/mol. The molecule has 1 fully saturated rings. The third-order valence-corrected chi connectivity index (χ3v) is 6.43. The Morgan fingerprint density at radius 2 is 1.50 bits per heavy atom. The van der Waals surface area contributed by atoms with Gasteiger partial charge in [0.1, 0.15) is 0 Å². The quantitative estimate of drug-likeness (QED) is 0.435. The molecule has 0 nitrogen and oxygen atoms in total. The molecule has 0 bridgehead atoms. The lowest BCUT2D eigenvalue weighted by Crippen LogP contribution is -2.34. The van der Waals surface area contributed by atoms with E-state index in [1.807, 2.05) is 32.0 Å². The van der Waals surface area contributed by atoms with Crippen molar-refractivity contribution in [2.75, 3.05) is 0 Å². The van der Waals surface area contributed by atoms with E-state index < -0.39 is 25.6 Å². The van der Waals surface area contributed by atoms with Crippen molar-refractivity contribution in [1.82, 2.24) is 0 Å². The number of benzene rings is 2. The highest BCUT2D eigenvalue weighted by Gasteiger charge is 2.84. The Morgan fingerprint density at radius 1 is 0.875 bits per heavy atom. The summed E-state index contributed by atoms with van der Waals surface area (Å²) in [5.74, 6) is 0. The van der Waals surface area contributed by atoms with Gasteiger partial charge in [0.15, 0.2) is 5.16 Å². The second-order valence-corrected chi connectivity index (χ2v) is 7.85. The van der Waals surface area contributed by atoms with Crippen LogP contribution >= 0.6 is 8.58 Å². The molecule has 2 aromatic carbocycles. The number of rotatable bonds is 2. The third kappa shape index (κ3) is 2.36. The van der Waals surface area contributed by atoms with Crippen molar-refractivity contribution in [2.45, 2.75) is 37.8 Å². The summed E-state index contributed by atoms with van der Waals surface area (Å²) in [6.07, 6.45) is -4.96. The van der Waals surface area contributed by atoms with E-state index >= 15 is 0 Å². The highest BCUT2D eigenvalue weighted by atomic mass is 31.1. The SMILES string of the molecule is Cc1cc(C2(C(F)(F)F)PC2(F)F)ccc1-c1cccc(C)c1C. The van der Waals surface area contributed by atoms with Crippen LogP contribution in [0.4, 0.5) is 22.0 Å². The zero-order chi connectivity index (χ0) is 17.9. The van der Waals surface area contributed by atoms with Gasteiger partial charge in [-0.2, -0.15) is 13.2 Å². The maximum Gasteiger partial charge on any atom is 0.408 e. The van der Waals surface area contributed by atoms with Gasteiger partial charge in [-0.15, -0.1) is 0 Å². The first-order chi connectivity index (χ1) is 11.0. The van der Waals surface area contributed by atoms with Crippen molar-refractivity contribution >= 4 is 8.58 Å². The van der Waals surface area contributed by atoms with Crippen LogP contribution in [0.25, 0.3) is 11.1 Å². The smallest absolute Gasteiger partial charge is 0.200 e. The molecule has 1 aliphatic rings. The summed E-state index contributed by atoms with van der Waals surface area (Å²) in [5, 5.41) is -3.01. The van der Waals surface area contributed by atoms with Gasteiger partial charge in [-0.1, -0.05) is 36.4 Å². The summed E-state index contributed by atoms with van der Waals surface area (Å²) in [5.41, 5.74) is 0.283. The number of aryl methyl sites for hydroxylation is 2. The summed E-state index contributed by atoms with van der Waals surface area (Å²) in [6, 6.07) is 9.70. The van der Waals surface area contributed by atoms with Gasteiger partial charge >= 0.3 is 6.18 Å². The molecule has 0 spiro atoms. The van der Waals surface area contributed by atoms with Crippen molar-refractivity contribution < 1.29 is 22.0 Å². The van der Waals surface area contributed by atoms with Crippen LogP contribution in [0.1, 0.15) is 22.3 Å². The van der Waals surface area contributed by atoms with Crippen molar-refractivity contribution in [3.8, 4) is 11.1 Å². The summed E-state index contributed by atoms with van der Waals surface area (Å²) in [4.78, 5) is 0. The molecule has 0 N–H and O–H groups in total. The van der Waals surface area contributed by atoms with E-state index in [0.717, 1.165) is 22.3 Å². The first-order valence-electron chi connectivity index (χ1n) is 7.43. The van der Waals surface area contributed by atoms with Crippen LogP contribution in [0.3, 0.4) is 0 Å². The lowest BCUT2D eigenvalue weighted by atomic mass is 9.90. The highest BCUT2D eigenvalue weighted by Crippen LogP contribution is 2.82. The highest BCUT2D eigenvalue weighted by molar-refractivity contribution is 7.50. The fourth-order valence-electron chi connectivity index (χ4n) is 3.11. The standard InChI is InChI=1S/C18H16F5P/c1-10-5-4-6-15(12(10)3)14-8-7-13(9-11(14)2)16(17(19,20)21)18(22,23)24-16/h4-9,24H,1-3H3. The van der Waals surface area contributed by atoms with E-state index in [0.29, 0.717) is 5.56 Å². The van der Waals surface area contributed by atoms with Crippen LogP contribution in [0, 0.1) is 20.8 Å². The van der Waals surface area contributed by atoms with Crippen molar-refractivity contribution in [1.29, 1.82) is 0 Å². The average molecular weight is 358 g/mol. The monoisotopic (exact) mass is 358 g/mol. The molecule has 0 saturated carbocycles. The van der Waals surface area contributed by atoms with Gasteiger partial charge in [0.2, 0.25) is 0 Å². The van der Waals surface area contributed by atoms with E-state index in [-0.39, 0.29) is 5.56 Å². The molecule has 0 radical (unpaired) electrons. The van der Waals surface area contributed by atoms with Crippen molar-refractivity contribution in [3.05, 3.63) is 58.7 Å².